The highest BCUT2D eigenvalue weighted by Gasteiger charge is 2.16. The second-order valence-electron chi connectivity index (χ2n) is 5.21. The van der Waals surface area contributed by atoms with Crippen molar-refractivity contribution in [1.82, 2.24) is 0 Å². The molecule has 0 spiro atoms. The monoisotopic (exact) mass is 372 g/mol. The lowest BCUT2D eigenvalue weighted by Gasteiger charge is -2.08. The number of nitrogens with zero attached hydrogens (tertiary/aromatic N) is 2. The normalized spacial score (nSPS) is 9.26. The minimum atomic E-state index is -0.961. The van der Waals surface area contributed by atoms with Crippen LogP contribution in [0.25, 0.3) is 0 Å². The summed E-state index contributed by atoms with van der Waals surface area (Å²) in [6, 6.07) is 10.6. The van der Waals surface area contributed by atoms with E-state index < -0.39 is 17.6 Å². The van der Waals surface area contributed by atoms with Crippen LogP contribution in [-0.2, 0) is 0 Å². The second-order valence-corrected chi connectivity index (χ2v) is 5.21. The molecule has 0 saturated heterocycles. The van der Waals surface area contributed by atoms with Gasteiger partial charge in [-0.25, -0.2) is 13.6 Å². The van der Waals surface area contributed by atoms with Crippen LogP contribution in [0.4, 0.5) is 8.78 Å². The summed E-state index contributed by atoms with van der Waals surface area (Å²) in [5, 5.41) is 16.0. The third-order valence-electron chi connectivity index (χ3n) is 3.20. The van der Waals surface area contributed by atoms with E-state index in [-0.39, 0.29) is 16.9 Å². The smallest absolute Gasteiger partial charge is 0.346 e. The number of carbonyl (C=O) groups is 1. The molecular formula is C20H18F2N2O3. The number of nitriles is 2. The molecule has 5 nitrogen and oxygen atoms in total. The van der Waals surface area contributed by atoms with Crippen LogP contribution in [-0.4, -0.2) is 12.6 Å². The summed E-state index contributed by atoms with van der Waals surface area (Å²) in [5.41, 5.74) is -0.461. The molecule has 0 N–H and O–H groups in total. The zero-order valence-electron chi connectivity index (χ0n) is 15.0. The molecule has 0 atom stereocenters. The van der Waals surface area contributed by atoms with E-state index in [4.69, 9.17) is 20.0 Å². The quantitative estimate of drug-likeness (QED) is 0.414. The molecule has 0 unspecified atom stereocenters. The maximum Gasteiger partial charge on any atom is 0.346 e. The van der Waals surface area contributed by atoms with E-state index in [0.717, 1.165) is 25.0 Å². The van der Waals surface area contributed by atoms with Crippen LogP contribution in [0, 0.1) is 34.3 Å². The average Bonchev–Trinajstić information content (AvgIpc) is 2.63. The molecule has 0 aliphatic rings. The summed E-state index contributed by atoms with van der Waals surface area (Å²) in [5.74, 6) is -2.36. The topological polar surface area (TPSA) is 83.1 Å². The van der Waals surface area contributed by atoms with E-state index in [0.29, 0.717) is 12.4 Å². The van der Waals surface area contributed by atoms with Crippen molar-refractivity contribution >= 4 is 5.97 Å². The van der Waals surface area contributed by atoms with Gasteiger partial charge in [-0.15, -0.1) is 0 Å². The fraction of sp³-hybridized carbons (Fsp3) is 0.250. The fourth-order valence-corrected chi connectivity index (χ4v) is 1.90. The van der Waals surface area contributed by atoms with Crippen molar-refractivity contribution in [1.29, 1.82) is 10.5 Å². The van der Waals surface area contributed by atoms with Gasteiger partial charge in [0.25, 0.3) is 0 Å². The summed E-state index contributed by atoms with van der Waals surface area (Å²) in [6.45, 7) is 3.90. The molecule has 0 amide bonds. The van der Waals surface area contributed by atoms with Crippen LogP contribution in [0.2, 0.25) is 0 Å². The van der Waals surface area contributed by atoms with Gasteiger partial charge < -0.3 is 9.47 Å². The Labute approximate surface area is 156 Å². The number of rotatable bonds is 6. The van der Waals surface area contributed by atoms with E-state index in [1.165, 1.54) is 31.2 Å². The summed E-state index contributed by atoms with van der Waals surface area (Å²) in [7, 11) is 0. The van der Waals surface area contributed by atoms with Gasteiger partial charge in [-0.1, -0.05) is 13.3 Å². The maximum absolute atomic E-state index is 14.0. The molecule has 7 heteroatoms. The van der Waals surface area contributed by atoms with Gasteiger partial charge in [-0.2, -0.15) is 10.5 Å². The van der Waals surface area contributed by atoms with Gasteiger partial charge in [0.2, 0.25) is 0 Å². The number of ether oxygens (including phenoxy) is 2. The first-order valence-electron chi connectivity index (χ1n) is 8.11. The van der Waals surface area contributed by atoms with Crippen LogP contribution >= 0.6 is 0 Å². The van der Waals surface area contributed by atoms with Crippen LogP contribution in [0.15, 0.2) is 36.4 Å². The summed E-state index contributed by atoms with van der Waals surface area (Å²) in [6.07, 6.45) is 1.80. The number of esters is 1. The first-order valence-corrected chi connectivity index (χ1v) is 8.11. The van der Waals surface area contributed by atoms with Gasteiger partial charge in [0, 0.05) is 19.1 Å². The minimum Gasteiger partial charge on any atom is -0.493 e. The molecule has 0 fully saturated rings. The Hall–Kier alpha value is -3.45. The van der Waals surface area contributed by atoms with Crippen LogP contribution < -0.4 is 9.47 Å². The lowest BCUT2D eigenvalue weighted by atomic mass is 10.2. The Morgan fingerprint density at radius 1 is 1.07 bits per heavy atom. The first-order chi connectivity index (χ1) is 13.0. The lowest BCUT2D eigenvalue weighted by molar-refractivity contribution is 0.0729. The van der Waals surface area contributed by atoms with Gasteiger partial charge >= 0.3 is 5.97 Å². The molecule has 0 aromatic heterocycles. The molecule has 2 aromatic carbocycles. The van der Waals surface area contributed by atoms with Crippen molar-refractivity contribution < 1.29 is 23.0 Å². The number of hydrogen-bond acceptors (Lipinski definition) is 5. The molecule has 0 saturated carbocycles. The summed E-state index contributed by atoms with van der Waals surface area (Å²) in [4.78, 5) is 12.0. The highest BCUT2D eigenvalue weighted by Crippen LogP contribution is 2.21. The molecule has 0 heterocycles. The van der Waals surface area contributed by atoms with Crippen molar-refractivity contribution in [2.45, 2.75) is 26.7 Å². The maximum atomic E-state index is 14.0. The highest BCUT2D eigenvalue weighted by molar-refractivity contribution is 5.91. The van der Waals surface area contributed by atoms with Gasteiger partial charge in [0.1, 0.15) is 29.2 Å². The molecule has 2 aromatic rings. The molecule has 0 bridgehead atoms. The summed E-state index contributed by atoms with van der Waals surface area (Å²) < 4.78 is 37.8. The van der Waals surface area contributed by atoms with Crippen LogP contribution in [0.5, 0.6) is 11.5 Å². The number of carbonyl (C=O) groups excluding carboxylic acids is 1. The Bertz CT molecular complexity index is 871. The highest BCUT2D eigenvalue weighted by atomic mass is 19.1. The third-order valence-corrected chi connectivity index (χ3v) is 3.20. The van der Waals surface area contributed by atoms with Gasteiger partial charge in [0.15, 0.2) is 0 Å². The van der Waals surface area contributed by atoms with E-state index in [9.17, 15) is 13.6 Å². The predicted molar refractivity (Wildman–Crippen MR) is 94.2 cm³/mol. The van der Waals surface area contributed by atoms with Crippen molar-refractivity contribution in [2.24, 2.45) is 0 Å². The van der Waals surface area contributed by atoms with Crippen LogP contribution in [0.3, 0.4) is 0 Å². The summed E-state index contributed by atoms with van der Waals surface area (Å²) >= 11 is 0. The van der Waals surface area contributed by atoms with E-state index in [2.05, 4.69) is 0 Å². The average molecular weight is 372 g/mol. The lowest BCUT2D eigenvalue weighted by Crippen LogP contribution is -2.11. The molecular weight excluding hydrogens is 354 g/mol. The van der Waals surface area contributed by atoms with E-state index in [1.54, 1.807) is 12.1 Å². The van der Waals surface area contributed by atoms with Gasteiger partial charge in [0.05, 0.1) is 23.8 Å². The number of benzene rings is 2. The Balaban J connectivity index is 0.00000114. The molecule has 0 aliphatic carbocycles. The fourth-order valence-electron chi connectivity index (χ4n) is 1.90. The van der Waals surface area contributed by atoms with Gasteiger partial charge in [-0.05, 0) is 30.7 Å². The molecule has 2 rings (SSSR count). The number of hydrogen-bond donors (Lipinski definition) is 0. The van der Waals surface area contributed by atoms with Crippen molar-refractivity contribution in [2.75, 3.05) is 6.61 Å². The number of unbranched alkanes of at least 4 members (excludes halogenated alkanes) is 1. The van der Waals surface area contributed by atoms with Crippen LogP contribution in [0.1, 0.15) is 42.6 Å². The molecule has 0 aliphatic heterocycles. The zero-order valence-corrected chi connectivity index (χ0v) is 15.0. The molecule has 27 heavy (non-hydrogen) atoms. The predicted octanol–water partition coefficient (Wildman–Crippen LogP) is 4.76. The molecule has 0 radical (unpaired) electrons. The second kappa shape index (κ2) is 11.2. The largest absolute Gasteiger partial charge is 0.493 e. The Morgan fingerprint density at radius 3 is 2.26 bits per heavy atom. The minimum absolute atomic E-state index is 0.112. The molecule has 140 valence electrons. The van der Waals surface area contributed by atoms with Crippen molar-refractivity contribution in [3.05, 3.63) is 59.2 Å². The van der Waals surface area contributed by atoms with Gasteiger partial charge in [-0.3, -0.25) is 0 Å². The van der Waals surface area contributed by atoms with E-state index >= 15 is 0 Å². The first kappa shape index (κ1) is 21.6. The Kier molecular flexibility index (Phi) is 8.97. The Morgan fingerprint density at radius 2 is 1.70 bits per heavy atom. The number of halogens is 2. The zero-order chi connectivity index (χ0) is 20.2. The van der Waals surface area contributed by atoms with Crippen molar-refractivity contribution in [3.8, 4) is 23.6 Å². The standard InChI is InChI=1S/C18H15F2NO3.C2H3N/c1-2-3-8-23-13-6-7-15(17(20)9-13)18(22)24-14-5-4-12(11-21)16(19)10-14;1-2-3/h4-7,9-10H,2-3,8H2,1H3;1H3. The SMILES string of the molecule is CC#N.CCCCOc1ccc(C(=O)Oc2ccc(C#N)c(F)c2)c(F)c1. The van der Waals surface area contributed by atoms with E-state index in [1.807, 2.05) is 6.92 Å². The van der Waals surface area contributed by atoms with Crippen molar-refractivity contribution in [3.63, 3.8) is 0 Å². The third kappa shape index (κ3) is 6.75.